The number of nitrogens with one attached hydrogen (secondary N) is 1. The number of para-hydroxylation sites is 1. The molecule has 5 heteroatoms. The van der Waals surface area contributed by atoms with Crippen LogP contribution < -0.4 is 15.0 Å². The molecule has 0 saturated carbocycles. The van der Waals surface area contributed by atoms with Crippen molar-refractivity contribution in [1.82, 2.24) is 5.32 Å². The molecular formula is C20H25ClN2O2. The number of anilines is 1. The van der Waals surface area contributed by atoms with Crippen LogP contribution in [0.3, 0.4) is 0 Å². The molecule has 0 aliphatic heterocycles. The minimum absolute atomic E-state index is 0.173. The Kier molecular flexibility index (Phi) is 7.14. The Morgan fingerprint density at radius 1 is 1.12 bits per heavy atom. The molecule has 0 spiro atoms. The maximum absolute atomic E-state index is 12.2. The molecule has 0 aliphatic carbocycles. The third kappa shape index (κ3) is 5.40. The number of benzene rings is 2. The summed E-state index contributed by atoms with van der Waals surface area (Å²) in [5.41, 5.74) is 2.24. The molecule has 0 radical (unpaired) electrons. The molecule has 2 rings (SSSR count). The Morgan fingerprint density at radius 3 is 2.36 bits per heavy atom. The van der Waals surface area contributed by atoms with Crippen molar-refractivity contribution in [2.24, 2.45) is 0 Å². The fraction of sp³-hybridized carbons (Fsp3) is 0.350. The van der Waals surface area contributed by atoms with Crippen molar-refractivity contribution in [3.05, 3.63) is 59.1 Å². The van der Waals surface area contributed by atoms with Gasteiger partial charge in [-0.25, -0.2) is 0 Å². The first-order chi connectivity index (χ1) is 12.0. The van der Waals surface area contributed by atoms with Gasteiger partial charge in [0, 0.05) is 25.3 Å². The van der Waals surface area contributed by atoms with Crippen LogP contribution >= 0.6 is 11.6 Å². The summed E-state index contributed by atoms with van der Waals surface area (Å²) < 4.78 is 5.62. The van der Waals surface area contributed by atoms with Crippen molar-refractivity contribution in [3.8, 4) is 5.75 Å². The molecule has 25 heavy (non-hydrogen) atoms. The van der Waals surface area contributed by atoms with Crippen molar-refractivity contribution in [2.75, 3.05) is 18.0 Å². The highest BCUT2D eigenvalue weighted by Crippen LogP contribution is 2.24. The minimum atomic E-state index is -0.616. The van der Waals surface area contributed by atoms with Crippen LogP contribution in [0.15, 0.2) is 48.5 Å². The number of hydrogen-bond acceptors (Lipinski definition) is 3. The molecule has 1 N–H and O–H groups in total. The molecule has 1 amide bonds. The van der Waals surface area contributed by atoms with Gasteiger partial charge in [-0.15, -0.1) is 0 Å². The maximum Gasteiger partial charge on any atom is 0.261 e. The van der Waals surface area contributed by atoms with E-state index >= 15 is 0 Å². The smallest absolute Gasteiger partial charge is 0.261 e. The summed E-state index contributed by atoms with van der Waals surface area (Å²) in [5.74, 6) is 0.336. The van der Waals surface area contributed by atoms with Gasteiger partial charge in [-0.2, -0.15) is 0 Å². The lowest BCUT2D eigenvalue weighted by Crippen LogP contribution is -2.35. The SMILES string of the molecule is CCN(CC)c1ccc(CNC(=O)[C@@H](C)Oc2ccccc2Cl)cc1. The first kappa shape index (κ1) is 19.1. The second kappa shape index (κ2) is 9.33. The number of carbonyl (C=O) groups is 1. The largest absolute Gasteiger partial charge is 0.479 e. The Morgan fingerprint density at radius 2 is 1.76 bits per heavy atom. The lowest BCUT2D eigenvalue weighted by Gasteiger charge is -2.21. The van der Waals surface area contributed by atoms with Gasteiger partial charge in [0.25, 0.3) is 5.91 Å². The van der Waals surface area contributed by atoms with Gasteiger partial charge in [-0.05, 0) is 50.6 Å². The maximum atomic E-state index is 12.2. The summed E-state index contributed by atoms with van der Waals surface area (Å²) in [4.78, 5) is 14.5. The van der Waals surface area contributed by atoms with Crippen LogP contribution in [0.4, 0.5) is 5.69 Å². The zero-order valence-electron chi connectivity index (χ0n) is 15.0. The first-order valence-corrected chi connectivity index (χ1v) is 8.95. The molecule has 134 valence electrons. The van der Waals surface area contributed by atoms with Crippen LogP contribution in [0.5, 0.6) is 5.75 Å². The molecular weight excluding hydrogens is 336 g/mol. The Balaban J connectivity index is 1.88. The molecule has 0 unspecified atom stereocenters. The van der Waals surface area contributed by atoms with Crippen molar-refractivity contribution < 1.29 is 9.53 Å². The van der Waals surface area contributed by atoms with Gasteiger partial charge in [-0.3, -0.25) is 4.79 Å². The summed E-state index contributed by atoms with van der Waals surface area (Å²) in [6, 6.07) is 15.4. The lowest BCUT2D eigenvalue weighted by molar-refractivity contribution is -0.127. The zero-order chi connectivity index (χ0) is 18.2. The number of halogens is 1. The predicted molar refractivity (Wildman–Crippen MR) is 103 cm³/mol. The van der Waals surface area contributed by atoms with Crippen LogP contribution in [0, 0.1) is 0 Å². The van der Waals surface area contributed by atoms with Crippen LogP contribution in [0.2, 0.25) is 5.02 Å². The van der Waals surface area contributed by atoms with E-state index in [0.717, 1.165) is 18.7 Å². The van der Waals surface area contributed by atoms with Crippen LogP contribution in [0.1, 0.15) is 26.3 Å². The zero-order valence-corrected chi connectivity index (χ0v) is 15.7. The van der Waals surface area contributed by atoms with E-state index in [-0.39, 0.29) is 5.91 Å². The third-order valence-electron chi connectivity index (χ3n) is 4.04. The summed E-state index contributed by atoms with van der Waals surface area (Å²) in [6.07, 6.45) is -0.616. The Bertz CT molecular complexity index is 684. The van der Waals surface area contributed by atoms with Crippen molar-refractivity contribution in [1.29, 1.82) is 0 Å². The second-order valence-electron chi connectivity index (χ2n) is 5.75. The van der Waals surface area contributed by atoms with E-state index < -0.39 is 6.10 Å². The van der Waals surface area contributed by atoms with E-state index in [0.29, 0.717) is 17.3 Å². The second-order valence-corrected chi connectivity index (χ2v) is 6.15. The molecule has 2 aromatic rings. The predicted octanol–water partition coefficient (Wildman–Crippen LogP) is 4.27. The molecule has 4 nitrogen and oxygen atoms in total. The average Bonchev–Trinajstić information content (AvgIpc) is 2.63. The van der Waals surface area contributed by atoms with Crippen molar-refractivity contribution >= 4 is 23.2 Å². The van der Waals surface area contributed by atoms with E-state index in [2.05, 4.69) is 36.2 Å². The third-order valence-corrected chi connectivity index (χ3v) is 4.35. The molecule has 1 atom stereocenters. The monoisotopic (exact) mass is 360 g/mol. The summed E-state index contributed by atoms with van der Waals surface area (Å²) in [5, 5.41) is 3.39. The number of hydrogen-bond donors (Lipinski definition) is 1. The number of rotatable bonds is 8. The van der Waals surface area contributed by atoms with Crippen LogP contribution in [-0.2, 0) is 11.3 Å². The number of nitrogens with zero attached hydrogens (tertiary/aromatic N) is 1. The standard InChI is InChI=1S/C20H25ClN2O2/c1-4-23(5-2)17-12-10-16(11-13-17)14-22-20(24)15(3)25-19-9-7-6-8-18(19)21/h6-13,15H,4-5,14H2,1-3H3,(H,22,24)/t15-/m1/s1. The molecule has 0 bridgehead atoms. The first-order valence-electron chi connectivity index (χ1n) is 8.58. The highest BCUT2D eigenvalue weighted by molar-refractivity contribution is 6.32. The number of carbonyl (C=O) groups excluding carboxylic acids is 1. The Labute approximate surface area is 154 Å². The fourth-order valence-electron chi connectivity index (χ4n) is 2.53. The lowest BCUT2D eigenvalue weighted by atomic mass is 10.2. The van der Waals surface area contributed by atoms with E-state index in [4.69, 9.17) is 16.3 Å². The van der Waals surface area contributed by atoms with Gasteiger partial charge in [0.2, 0.25) is 0 Å². The van der Waals surface area contributed by atoms with Crippen LogP contribution in [0.25, 0.3) is 0 Å². The van der Waals surface area contributed by atoms with Gasteiger partial charge in [-0.1, -0.05) is 35.9 Å². The Hall–Kier alpha value is -2.20. The summed E-state index contributed by atoms with van der Waals surface area (Å²) in [6.45, 7) is 8.40. The molecule has 0 aromatic heterocycles. The highest BCUT2D eigenvalue weighted by Gasteiger charge is 2.15. The normalized spacial score (nSPS) is 11.7. The minimum Gasteiger partial charge on any atom is -0.479 e. The number of ether oxygens (including phenoxy) is 1. The quantitative estimate of drug-likeness (QED) is 0.764. The van der Waals surface area contributed by atoms with Crippen molar-refractivity contribution in [3.63, 3.8) is 0 Å². The van der Waals surface area contributed by atoms with Gasteiger partial charge >= 0.3 is 0 Å². The average molecular weight is 361 g/mol. The molecule has 0 aliphatic rings. The van der Waals surface area contributed by atoms with E-state index in [9.17, 15) is 4.79 Å². The molecule has 0 fully saturated rings. The molecule has 0 heterocycles. The molecule has 0 saturated heterocycles. The summed E-state index contributed by atoms with van der Waals surface area (Å²) in [7, 11) is 0. The van der Waals surface area contributed by atoms with Gasteiger partial charge in [0.05, 0.1) is 5.02 Å². The molecule has 2 aromatic carbocycles. The topological polar surface area (TPSA) is 41.6 Å². The van der Waals surface area contributed by atoms with E-state index in [1.807, 2.05) is 24.3 Å². The fourth-order valence-corrected chi connectivity index (χ4v) is 2.71. The van der Waals surface area contributed by atoms with E-state index in [1.165, 1.54) is 5.69 Å². The van der Waals surface area contributed by atoms with Crippen LogP contribution in [-0.4, -0.2) is 25.1 Å². The highest BCUT2D eigenvalue weighted by atomic mass is 35.5. The van der Waals surface area contributed by atoms with E-state index in [1.54, 1.807) is 19.1 Å². The van der Waals surface area contributed by atoms with Gasteiger partial charge < -0.3 is 15.0 Å². The summed E-state index contributed by atoms with van der Waals surface area (Å²) >= 11 is 6.05. The number of amides is 1. The van der Waals surface area contributed by atoms with Gasteiger partial charge in [0.1, 0.15) is 5.75 Å². The van der Waals surface area contributed by atoms with Crippen molar-refractivity contribution in [2.45, 2.75) is 33.4 Å². The van der Waals surface area contributed by atoms with Gasteiger partial charge in [0.15, 0.2) is 6.10 Å².